The predicted octanol–water partition coefficient (Wildman–Crippen LogP) is 0.921. The molecule has 0 unspecified atom stereocenters. The Labute approximate surface area is 120 Å². The van der Waals surface area contributed by atoms with Crippen molar-refractivity contribution in [3.63, 3.8) is 0 Å². The van der Waals surface area contributed by atoms with Gasteiger partial charge in [0.15, 0.2) is 0 Å². The highest BCUT2D eigenvalue weighted by Gasteiger charge is 2.17. The van der Waals surface area contributed by atoms with E-state index in [4.69, 9.17) is 0 Å². The minimum atomic E-state index is -3.59. The van der Waals surface area contributed by atoms with Gasteiger partial charge in [-0.3, -0.25) is 4.79 Å². The molecule has 0 fully saturated rings. The van der Waals surface area contributed by atoms with Crippen LogP contribution < -0.4 is 15.4 Å². The van der Waals surface area contributed by atoms with Crippen LogP contribution in [0.5, 0.6) is 0 Å². The van der Waals surface area contributed by atoms with Crippen LogP contribution in [0.15, 0.2) is 29.2 Å². The fourth-order valence-corrected chi connectivity index (χ4v) is 2.49. The average molecular weight is 299 g/mol. The standard InChI is InChI=1S/C13H21N3O3S/c1-10(2)15-9-8-13(17)16-11-6-4-5-7-12(11)20(18,19)14-3/h4-7,10,14-15H,8-9H2,1-3H3,(H,16,17). The highest BCUT2D eigenvalue weighted by molar-refractivity contribution is 7.89. The van der Waals surface area contributed by atoms with Gasteiger partial charge < -0.3 is 10.6 Å². The van der Waals surface area contributed by atoms with Gasteiger partial charge in [0.25, 0.3) is 0 Å². The summed E-state index contributed by atoms with van der Waals surface area (Å²) in [7, 11) is -2.25. The Balaban J connectivity index is 2.76. The smallest absolute Gasteiger partial charge is 0.242 e. The van der Waals surface area contributed by atoms with Crippen LogP contribution in [0.3, 0.4) is 0 Å². The van der Waals surface area contributed by atoms with Crippen LogP contribution in [0.2, 0.25) is 0 Å². The summed E-state index contributed by atoms with van der Waals surface area (Å²) in [5.41, 5.74) is 0.288. The van der Waals surface area contributed by atoms with E-state index in [9.17, 15) is 13.2 Å². The van der Waals surface area contributed by atoms with Crippen LogP contribution in [0, 0.1) is 0 Å². The van der Waals surface area contributed by atoms with E-state index in [0.717, 1.165) is 0 Å². The number of anilines is 1. The third kappa shape index (κ3) is 4.92. The lowest BCUT2D eigenvalue weighted by Crippen LogP contribution is -2.27. The summed E-state index contributed by atoms with van der Waals surface area (Å²) in [4.78, 5) is 11.9. The minimum absolute atomic E-state index is 0.0627. The summed E-state index contributed by atoms with van der Waals surface area (Å²) >= 11 is 0. The van der Waals surface area contributed by atoms with Crippen molar-refractivity contribution >= 4 is 21.6 Å². The van der Waals surface area contributed by atoms with Gasteiger partial charge in [0, 0.05) is 19.0 Å². The maximum atomic E-state index is 11.8. The molecule has 3 N–H and O–H groups in total. The molecule has 0 aliphatic carbocycles. The minimum Gasteiger partial charge on any atom is -0.325 e. The van der Waals surface area contributed by atoms with Crippen molar-refractivity contribution in [2.45, 2.75) is 31.2 Å². The summed E-state index contributed by atoms with van der Waals surface area (Å²) in [5, 5.41) is 5.75. The zero-order valence-corrected chi connectivity index (χ0v) is 12.8. The Morgan fingerprint density at radius 3 is 2.50 bits per heavy atom. The molecule has 1 aromatic carbocycles. The van der Waals surface area contributed by atoms with Crippen LogP contribution in [0.4, 0.5) is 5.69 Å². The molecule has 6 nitrogen and oxygen atoms in total. The number of sulfonamides is 1. The molecule has 1 rings (SSSR count). The third-order valence-electron chi connectivity index (χ3n) is 2.62. The van der Waals surface area contributed by atoms with Gasteiger partial charge in [-0.15, -0.1) is 0 Å². The summed E-state index contributed by atoms with van der Waals surface area (Å²) in [5.74, 6) is -0.225. The topological polar surface area (TPSA) is 87.3 Å². The van der Waals surface area contributed by atoms with E-state index in [1.807, 2.05) is 13.8 Å². The number of nitrogens with one attached hydrogen (secondary N) is 3. The molecule has 1 amide bonds. The molecule has 7 heteroatoms. The summed E-state index contributed by atoms with van der Waals surface area (Å²) in [6, 6.07) is 6.61. The molecular formula is C13H21N3O3S. The van der Waals surface area contributed by atoms with Crippen molar-refractivity contribution in [1.82, 2.24) is 10.0 Å². The average Bonchev–Trinajstić information content (AvgIpc) is 2.38. The van der Waals surface area contributed by atoms with Crippen LogP contribution in [-0.2, 0) is 14.8 Å². The molecular weight excluding hydrogens is 278 g/mol. The number of amides is 1. The first-order valence-electron chi connectivity index (χ1n) is 6.42. The Bertz CT molecular complexity index is 556. The predicted molar refractivity (Wildman–Crippen MR) is 79.1 cm³/mol. The zero-order chi connectivity index (χ0) is 15.2. The second-order valence-corrected chi connectivity index (χ2v) is 6.47. The van der Waals surface area contributed by atoms with Crippen LogP contribution in [-0.4, -0.2) is 34.0 Å². The fourth-order valence-electron chi connectivity index (χ4n) is 1.60. The maximum Gasteiger partial charge on any atom is 0.242 e. The van der Waals surface area contributed by atoms with Crippen molar-refractivity contribution < 1.29 is 13.2 Å². The van der Waals surface area contributed by atoms with Gasteiger partial charge in [-0.05, 0) is 19.2 Å². The summed E-state index contributed by atoms with van der Waals surface area (Å²) in [6.07, 6.45) is 0.284. The monoisotopic (exact) mass is 299 g/mol. The first kappa shape index (κ1) is 16.6. The normalized spacial score (nSPS) is 11.6. The number of hydrogen-bond donors (Lipinski definition) is 3. The van der Waals surface area contributed by atoms with E-state index in [0.29, 0.717) is 12.6 Å². The molecule has 0 aliphatic heterocycles. The van der Waals surface area contributed by atoms with E-state index in [2.05, 4.69) is 15.4 Å². The summed E-state index contributed by atoms with van der Waals surface area (Å²) < 4.78 is 25.9. The van der Waals surface area contributed by atoms with Gasteiger partial charge in [0.2, 0.25) is 15.9 Å². The number of carbonyl (C=O) groups is 1. The van der Waals surface area contributed by atoms with Gasteiger partial charge >= 0.3 is 0 Å². The largest absolute Gasteiger partial charge is 0.325 e. The van der Waals surface area contributed by atoms with Gasteiger partial charge in [0.1, 0.15) is 4.90 Å². The first-order chi connectivity index (χ1) is 9.36. The molecule has 1 aromatic rings. The highest BCUT2D eigenvalue weighted by Crippen LogP contribution is 2.20. The van der Waals surface area contributed by atoms with E-state index >= 15 is 0 Å². The number of hydrogen-bond acceptors (Lipinski definition) is 4. The molecule has 0 bridgehead atoms. The van der Waals surface area contributed by atoms with Crippen LogP contribution in [0.25, 0.3) is 0 Å². The SMILES string of the molecule is CNS(=O)(=O)c1ccccc1NC(=O)CCNC(C)C. The molecule has 0 spiro atoms. The van der Waals surface area contributed by atoms with E-state index in [1.165, 1.54) is 13.1 Å². The second kappa shape index (κ2) is 7.37. The first-order valence-corrected chi connectivity index (χ1v) is 7.91. The van der Waals surface area contributed by atoms with Crippen molar-refractivity contribution in [3.8, 4) is 0 Å². The Hall–Kier alpha value is -1.44. The zero-order valence-electron chi connectivity index (χ0n) is 11.9. The highest BCUT2D eigenvalue weighted by atomic mass is 32.2. The molecule has 112 valence electrons. The molecule has 0 saturated heterocycles. The van der Waals surface area contributed by atoms with Crippen molar-refractivity contribution in [3.05, 3.63) is 24.3 Å². The van der Waals surface area contributed by atoms with E-state index in [1.54, 1.807) is 18.2 Å². The van der Waals surface area contributed by atoms with E-state index < -0.39 is 10.0 Å². The lowest BCUT2D eigenvalue weighted by atomic mass is 10.3. The van der Waals surface area contributed by atoms with E-state index in [-0.39, 0.29) is 22.9 Å². The molecule has 0 heterocycles. The molecule has 0 aromatic heterocycles. The number of benzene rings is 1. The molecule has 20 heavy (non-hydrogen) atoms. The Morgan fingerprint density at radius 2 is 1.90 bits per heavy atom. The molecule has 0 radical (unpaired) electrons. The van der Waals surface area contributed by atoms with Crippen molar-refractivity contribution in [1.29, 1.82) is 0 Å². The second-order valence-electron chi connectivity index (χ2n) is 4.61. The van der Waals surface area contributed by atoms with Crippen LogP contribution in [0.1, 0.15) is 20.3 Å². The van der Waals surface area contributed by atoms with Crippen LogP contribution >= 0.6 is 0 Å². The molecule has 0 saturated carbocycles. The molecule has 0 aliphatic rings. The number of para-hydroxylation sites is 1. The fraction of sp³-hybridized carbons (Fsp3) is 0.462. The number of rotatable bonds is 7. The third-order valence-corrected chi connectivity index (χ3v) is 4.10. The maximum absolute atomic E-state index is 11.8. The lowest BCUT2D eigenvalue weighted by molar-refractivity contribution is -0.116. The summed E-state index contributed by atoms with van der Waals surface area (Å²) in [6.45, 7) is 4.53. The Morgan fingerprint density at radius 1 is 1.25 bits per heavy atom. The van der Waals surface area contributed by atoms with Gasteiger partial charge in [0.05, 0.1) is 5.69 Å². The van der Waals surface area contributed by atoms with Crippen molar-refractivity contribution in [2.24, 2.45) is 0 Å². The quantitative estimate of drug-likeness (QED) is 0.699. The van der Waals surface area contributed by atoms with Gasteiger partial charge in [-0.2, -0.15) is 0 Å². The van der Waals surface area contributed by atoms with Crippen molar-refractivity contribution in [2.75, 3.05) is 18.9 Å². The molecule has 0 atom stereocenters. The Kier molecular flexibility index (Phi) is 6.12. The lowest BCUT2D eigenvalue weighted by Gasteiger charge is -2.12. The number of carbonyl (C=O) groups excluding carboxylic acids is 1. The van der Waals surface area contributed by atoms with Gasteiger partial charge in [-0.25, -0.2) is 13.1 Å². The van der Waals surface area contributed by atoms with Gasteiger partial charge in [-0.1, -0.05) is 26.0 Å².